The van der Waals surface area contributed by atoms with Gasteiger partial charge < -0.3 is 4.90 Å². The molecular formula is C21H19F3N2OS2. The van der Waals surface area contributed by atoms with Crippen molar-refractivity contribution in [3.8, 4) is 10.6 Å². The fraction of sp³-hybridized carbons (Fsp3) is 0.238. The van der Waals surface area contributed by atoms with Crippen molar-refractivity contribution in [2.75, 3.05) is 13.3 Å². The van der Waals surface area contributed by atoms with Crippen molar-refractivity contribution < 1.29 is 18.0 Å². The first-order valence-electron chi connectivity index (χ1n) is 8.75. The summed E-state index contributed by atoms with van der Waals surface area (Å²) < 4.78 is 38.0. The summed E-state index contributed by atoms with van der Waals surface area (Å²) in [5, 5.41) is 2.36. The van der Waals surface area contributed by atoms with Gasteiger partial charge in [-0.05, 0) is 36.1 Å². The number of thiazole rings is 1. The van der Waals surface area contributed by atoms with Gasteiger partial charge in [-0.1, -0.05) is 24.3 Å². The molecule has 0 saturated carbocycles. The zero-order valence-electron chi connectivity index (χ0n) is 15.9. The molecule has 0 radical (unpaired) electrons. The van der Waals surface area contributed by atoms with E-state index in [4.69, 9.17) is 0 Å². The van der Waals surface area contributed by atoms with Gasteiger partial charge in [0.1, 0.15) is 5.01 Å². The Morgan fingerprint density at radius 2 is 1.76 bits per heavy atom. The Hall–Kier alpha value is -2.32. The van der Waals surface area contributed by atoms with E-state index in [1.165, 1.54) is 28.4 Å². The number of hydrogen-bond donors (Lipinski definition) is 0. The molecule has 1 heterocycles. The van der Waals surface area contributed by atoms with Gasteiger partial charge in [0.05, 0.1) is 17.7 Å². The molecule has 0 aliphatic heterocycles. The van der Waals surface area contributed by atoms with Gasteiger partial charge in [0.15, 0.2) is 0 Å². The number of carbonyl (C=O) groups excluding carboxylic acids is 1. The molecule has 0 unspecified atom stereocenters. The Kier molecular flexibility index (Phi) is 6.64. The molecule has 0 saturated heterocycles. The lowest BCUT2D eigenvalue weighted by Gasteiger charge is -2.17. The van der Waals surface area contributed by atoms with Gasteiger partial charge in [-0.25, -0.2) is 4.98 Å². The maximum absolute atomic E-state index is 12.7. The van der Waals surface area contributed by atoms with Crippen LogP contribution in [0.2, 0.25) is 0 Å². The summed E-state index contributed by atoms with van der Waals surface area (Å²) in [6, 6.07) is 12.9. The monoisotopic (exact) mass is 436 g/mol. The van der Waals surface area contributed by atoms with Crippen LogP contribution in [0.25, 0.3) is 10.6 Å². The third kappa shape index (κ3) is 5.61. The van der Waals surface area contributed by atoms with Crippen molar-refractivity contribution in [2.24, 2.45) is 0 Å². The predicted molar refractivity (Wildman–Crippen MR) is 111 cm³/mol. The van der Waals surface area contributed by atoms with E-state index in [0.29, 0.717) is 22.8 Å². The van der Waals surface area contributed by atoms with Gasteiger partial charge >= 0.3 is 6.18 Å². The van der Waals surface area contributed by atoms with E-state index in [-0.39, 0.29) is 12.3 Å². The van der Waals surface area contributed by atoms with Crippen LogP contribution in [0.1, 0.15) is 16.8 Å². The molecule has 0 bridgehead atoms. The molecule has 3 rings (SSSR count). The molecule has 0 aliphatic carbocycles. The number of aromatic nitrogens is 1. The van der Waals surface area contributed by atoms with Gasteiger partial charge in [-0.2, -0.15) is 13.2 Å². The van der Waals surface area contributed by atoms with Crippen molar-refractivity contribution in [3.63, 3.8) is 0 Å². The van der Waals surface area contributed by atoms with E-state index in [9.17, 15) is 18.0 Å². The summed E-state index contributed by atoms with van der Waals surface area (Å²) in [6.45, 7) is 0.503. The van der Waals surface area contributed by atoms with E-state index in [1.54, 1.807) is 29.1 Å². The highest BCUT2D eigenvalue weighted by Crippen LogP contribution is 2.31. The molecule has 3 nitrogen and oxygen atoms in total. The third-order valence-corrected chi connectivity index (χ3v) is 6.03. The summed E-state index contributed by atoms with van der Waals surface area (Å²) in [7, 11) is 1.74. The molecule has 2 aromatic carbocycles. The second kappa shape index (κ2) is 9.00. The Balaban J connectivity index is 1.62. The SMILES string of the molecule is CSc1ccc(CN(C)C(=O)Cc2csc(-c3ccc(C(F)(F)F)cc3)n2)cc1. The molecule has 0 fully saturated rings. The van der Waals surface area contributed by atoms with Gasteiger partial charge in [0, 0.05) is 29.4 Å². The highest BCUT2D eigenvalue weighted by Gasteiger charge is 2.30. The first-order chi connectivity index (χ1) is 13.8. The number of halogens is 3. The first-order valence-corrected chi connectivity index (χ1v) is 10.9. The molecule has 0 aliphatic rings. The third-order valence-electron chi connectivity index (χ3n) is 4.35. The van der Waals surface area contributed by atoms with Crippen LogP contribution in [-0.2, 0) is 23.9 Å². The summed E-state index contributed by atoms with van der Waals surface area (Å²) in [4.78, 5) is 19.7. The largest absolute Gasteiger partial charge is 0.416 e. The van der Waals surface area contributed by atoms with Crippen molar-refractivity contribution in [1.82, 2.24) is 9.88 Å². The average Bonchev–Trinajstić information content (AvgIpc) is 3.16. The van der Waals surface area contributed by atoms with Crippen LogP contribution in [0.4, 0.5) is 13.2 Å². The standard InChI is InChI=1S/C21H19F3N2OS2/c1-26(12-14-3-9-18(28-2)10-4-14)19(27)11-17-13-29-20(25-17)15-5-7-16(8-6-15)21(22,23)24/h3-10,13H,11-12H2,1-2H3. The number of benzene rings is 2. The summed E-state index contributed by atoms with van der Waals surface area (Å²) in [5.74, 6) is -0.0665. The van der Waals surface area contributed by atoms with Gasteiger partial charge in [0.25, 0.3) is 0 Å². The summed E-state index contributed by atoms with van der Waals surface area (Å²) in [5.41, 5.74) is 1.56. The molecule has 29 heavy (non-hydrogen) atoms. The number of thioether (sulfide) groups is 1. The number of likely N-dealkylation sites (N-methyl/N-ethyl adjacent to an activating group) is 1. The van der Waals surface area contributed by atoms with E-state index in [2.05, 4.69) is 4.98 Å². The zero-order valence-corrected chi connectivity index (χ0v) is 17.5. The van der Waals surface area contributed by atoms with Crippen LogP contribution in [0.5, 0.6) is 0 Å². The van der Waals surface area contributed by atoms with Gasteiger partial charge in [-0.3, -0.25) is 4.79 Å². The molecular weight excluding hydrogens is 417 g/mol. The smallest absolute Gasteiger partial charge is 0.341 e. The van der Waals surface area contributed by atoms with Crippen molar-refractivity contribution in [1.29, 1.82) is 0 Å². The molecule has 1 aromatic heterocycles. The number of hydrogen-bond acceptors (Lipinski definition) is 4. The molecule has 0 spiro atoms. The number of amides is 1. The van der Waals surface area contributed by atoms with Gasteiger partial charge in [0.2, 0.25) is 5.91 Å². The predicted octanol–water partition coefficient (Wildman–Crippen LogP) is 5.75. The Labute approximate surface area is 175 Å². The minimum absolute atomic E-state index is 0.0665. The Bertz CT molecular complexity index is 967. The Morgan fingerprint density at radius 1 is 1.10 bits per heavy atom. The minimum atomic E-state index is -4.36. The molecule has 0 atom stereocenters. The number of rotatable bonds is 6. The van der Waals surface area contributed by atoms with Crippen LogP contribution >= 0.6 is 23.1 Å². The van der Waals surface area contributed by atoms with E-state index < -0.39 is 11.7 Å². The van der Waals surface area contributed by atoms with Crippen LogP contribution in [0, 0.1) is 0 Å². The van der Waals surface area contributed by atoms with Crippen LogP contribution in [-0.4, -0.2) is 29.1 Å². The minimum Gasteiger partial charge on any atom is -0.341 e. The quantitative estimate of drug-likeness (QED) is 0.461. The lowest BCUT2D eigenvalue weighted by molar-refractivity contribution is -0.137. The highest BCUT2D eigenvalue weighted by molar-refractivity contribution is 7.98. The lowest BCUT2D eigenvalue weighted by atomic mass is 10.1. The number of alkyl halides is 3. The molecule has 1 amide bonds. The normalized spacial score (nSPS) is 11.5. The Morgan fingerprint density at radius 3 is 2.34 bits per heavy atom. The second-order valence-electron chi connectivity index (χ2n) is 6.49. The maximum atomic E-state index is 12.7. The maximum Gasteiger partial charge on any atom is 0.416 e. The fourth-order valence-electron chi connectivity index (χ4n) is 2.71. The molecule has 3 aromatic rings. The van der Waals surface area contributed by atoms with E-state index in [1.807, 2.05) is 30.5 Å². The molecule has 8 heteroatoms. The van der Waals surface area contributed by atoms with Crippen LogP contribution < -0.4 is 0 Å². The van der Waals surface area contributed by atoms with Crippen LogP contribution in [0.3, 0.4) is 0 Å². The van der Waals surface area contributed by atoms with Crippen molar-refractivity contribution in [2.45, 2.75) is 24.0 Å². The fourth-order valence-corrected chi connectivity index (χ4v) is 3.94. The topological polar surface area (TPSA) is 33.2 Å². The van der Waals surface area contributed by atoms with Crippen LogP contribution in [0.15, 0.2) is 58.8 Å². The summed E-state index contributed by atoms with van der Waals surface area (Å²) in [6.07, 6.45) is -2.20. The summed E-state index contributed by atoms with van der Waals surface area (Å²) >= 11 is 2.98. The van der Waals surface area contributed by atoms with Crippen molar-refractivity contribution in [3.05, 3.63) is 70.7 Å². The van der Waals surface area contributed by atoms with E-state index in [0.717, 1.165) is 17.7 Å². The molecule has 0 N–H and O–H groups in total. The van der Waals surface area contributed by atoms with Crippen molar-refractivity contribution >= 4 is 29.0 Å². The molecule has 152 valence electrons. The zero-order chi connectivity index (χ0) is 21.0. The first kappa shape index (κ1) is 21.4. The lowest BCUT2D eigenvalue weighted by Crippen LogP contribution is -2.27. The average molecular weight is 437 g/mol. The van der Waals surface area contributed by atoms with Gasteiger partial charge in [-0.15, -0.1) is 23.1 Å². The highest BCUT2D eigenvalue weighted by atomic mass is 32.2. The second-order valence-corrected chi connectivity index (χ2v) is 8.23. The number of carbonyl (C=O) groups is 1. The number of nitrogens with zero attached hydrogens (tertiary/aromatic N) is 2. The van der Waals surface area contributed by atoms with E-state index >= 15 is 0 Å².